The van der Waals surface area contributed by atoms with Gasteiger partial charge in [-0.3, -0.25) is 9.97 Å². The molecule has 0 saturated carbocycles. The van der Waals surface area contributed by atoms with Gasteiger partial charge in [0.15, 0.2) is 0 Å². The van der Waals surface area contributed by atoms with E-state index in [-0.39, 0.29) is 0 Å². The number of ether oxygens (including phenoxy) is 1. The predicted octanol–water partition coefficient (Wildman–Crippen LogP) is 2.52. The summed E-state index contributed by atoms with van der Waals surface area (Å²) in [5.41, 5.74) is 2.64. The van der Waals surface area contributed by atoms with E-state index in [0.29, 0.717) is 12.4 Å². The van der Waals surface area contributed by atoms with Crippen LogP contribution in [0.15, 0.2) is 36.9 Å². The first kappa shape index (κ1) is 13.5. The molecular formula is C15H18N2O2. The third-order valence-corrected chi connectivity index (χ3v) is 2.98. The number of hydrogen-bond acceptors (Lipinski definition) is 4. The second kappa shape index (κ2) is 6.29. The standard InChI is InChI=1S/C15H18N2O2/c1-3-11-8-16-6-5-14(11)15(18)12-7-13(19-4-2)10-17-9-12/h5-10,15,18H,3-4H2,1-2H3. The lowest BCUT2D eigenvalue weighted by Gasteiger charge is -2.15. The van der Waals surface area contributed by atoms with Crippen LogP contribution in [0.4, 0.5) is 0 Å². The van der Waals surface area contributed by atoms with Crippen LogP contribution in [0.25, 0.3) is 0 Å². The van der Waals surface area contributed by atoms with Gasteiger partial charge < -0.3 is 9.84 Å². The molecule has 0 aromatic carbocycles. The fraction of sp³-hybridized carbons (Fsp3) is 0.333. The maximum atomic E-state index is 10.5. The van der Waals surface area contributed by atoms with Crippen molar-refractivity contribution in [2.45, 2.75) is 26.4 Å². The fourth-order valence-corrected chi connectivity index (χ4v) is 2.01. The highest BCUT2D eigenvalue weighted by Crippen LogP contribution is 2.26. The van der Waals surface area contributed by atoms with E-state index in [9.17, 15) is 5.11 Å². The number of hydrogen-bond donors (Lipinski definition) is 1. The Morgan fingerprint density at radius 1 is 1.21 bits per heavy atom. The molecule has 2 aromatic heterocycles. The molecule has 0 amide bonds. The zero-order chi connectivity index (χ0) is 13.7. The molecule has 4 heteroatoms. The van der Waals surface area contributed by atoms with Crippen molar-refractivity contribution in [3.63, 3.8) is 0 Å². The molecule has 0 spiro atoms. The molecule has 0 aliphatic heterocycles. The largest absolute Gasteiger partial charge is 0.492 e. The maximum Gasteiger partial charge on any atom is 0.137 e. The molecule has 1 N–H and O–H groups in total. The third-order valence-electron chi connectivity index (χ3n) is 2.98. The monoisotopic (exact) mass is 258 g/mol. The molecule has 4 nitrogen and oxygen atoms in total. The molecule has 100 valence electrons. The van der Waals surface area contributed by atoms with E-state index in [2.05, 4.69) is 9.97 Å². The molecule has 19 heavy (non-hydrogen) atoms. The van der Waals surface area contributed by atoms with Gasteiger partial charge in [0.2, 0.25) is 0 Å². The van der Waals surface area contributed by atoms with Crippen LogP contribution in [0.1, 0.15) is 36.6 Å². The second-order valence-corrected chi connectivity index (χ2v) is 4.22. The summed E-state index contributed by atoms with van der Waals surface area (Å²) in [5.74, 6) is 0.672. The van der Waals surface area contributed by atoms with Crippen molar-refractivity contribution >= 4 is 0 Å². The van der Waals surface area contributed by atoms with E-state index < -0.39 is 6.10 Å². The van der Waals surface area contributed by atoms with E-state index in [1.54, 1.807) is 24.8 Å². The first-order valence-electron chi connectivity index (χ1n) is 6.44. The molecule has 2 rings (SSSR count). The van der Waals surface area contributed by atoms with Gasteiger partial charge in [-0.25, -0.2) is 0 Å². The van der Waals surface area contributed by atoms with Crippen LogP contribution in [0.2, 0.25) is 0 Å². The normalized spacial score (nSPS) is 12.2. The van der Waals surface area contributed by atoms with Crippen LogP contribution in [0, 0.1) is 0 Å². The zero-order valence-corrected chi connectivity index (χ0v) is 11.2. The van der Waals surface area contributed by atoms with Crippen molar-refractivity contribution < 1.29 is 9.84 Å². The number of pyridine rings is 2. The Morgan fingerprint density at radius 3 is 2.79 bits per heavy atom. The number of nitrogens with zero attached hydrogens (tertiary/aromatic N) is 2. The summed E-state index contributed by atoms with van der Waals surface area (Å²) in [5, 5.41) is 10.5. The summed E-state index contributed by atoms with van der Waals surface area (Å²) in [6.07, 6.45) is 6.92. The molecular weight excluding hydrogens is 240 g/mol. The van der Waals surface area contributed by atoms with Gasteiger partial charge in [0.05, 0.1) is 12.8 Å². The van der Waals surface area contributed by atoms with Gasteiger partial charge in [0.25, 0.3) is 0 Å². The predicted molar refractivity (Wildman–Crippen MR) is 73.1 cm³/mol. The molecule has 0 aliphatic rings. The summed E-state index contributed by atoms with van der Waals surface area (Å²) < 4.78 is 5.40. The molecule has 1 unspecified atom stereocenters. The quantitative estimate of drug-likeness (QED) is 0.895. The van der Waals surface area contributed by atoms with Crippen molar-refractivity contribution in [2.75, 3.05) is 6.61 Å². The Bertz CT molecular complexity index is 543. The number of aryl methyl sites for hydroxylation is 1. The number of aliphatic hydroxyl groups is 1. The first-order chi connectivity index (χ1) is 9.26. The van der Waals surface area contributed by atoms with Gasteiger partial charge in [0, 0.05) is 24.2 Å². The minimum atomic E-state index is -0.703. The molecule has 0 aliphatic carbocycles. The van der Waals surface area contributed by atoms with Crippen molar-refractivity contribution in [3.05, 3.63) is 53.6 Å². The average Bonchev–Trinajstić information content (AvgIpc) is 2.47. The van der Waals surface area contributed by atoms with Crippen molar-refractivity contribution in [3.8, 4) is 5.75 Å². The van der Waals surface area contributed by atoms with Gasteiger partial charge in [-0.05, 0) is 36.6 Å². The zero-order valence-electron chi connectivity index (χ0n) is 11.2. The highest BCUT2D eigenvalue weighted by molar-refractivity contribution is 5.35. The van der Waals surface area contributed by atoms with E-state index in [1.165, 1.54) is 0 Å². The molecule has 0 saturated heterocycles. The summed E-state index contributed by atoms with van der Waals surface area (Å²) >= 11 is 0. The van der Waals surface area contributed by atoms with E-state index in [1.807, 2.05) is 26.0 Å². The Hall–Kier alpha value is -1.94. The molecule has 2 heterocycles. The summed E-state index contributed by atoms with van der Waals surface area (Å²) in [7, 11) is 0. The number of rotatable bonds is 5. The highest BCUT2D eigenvalue weighted by Gasteiger charge is 2.14. The maximum absolute atomic E-state index is 10.5. The van der Waals surface area contributed by atoms with Gasteiger partial charge in [0.1, 0.15) is 11.9 Å². The smallest absolute Gasteiger partial charge is 0.137 e. The number of aromatic nitrogens is 2. The molecule has 1 atom stereocenters. The first-order valence-corrected chi connectivity index (χ1v) is 6.44. The van der Waals surface area contributed by atoms with Crippen LogP contribution < -0.4 is 4.74 Å². The third kappa shape index (κ3) is 3.09. The van der Waals surface area contributed by atoms with E-state index in [0.717, 1.165) is 23.1 Å². The Balaban J connectivity index is 2.32. The molecule has 2 aromatic rings. The topological polar surface area (TPSA) is 55.2 Å². The highest BCUT2D eigenvalue weighted by atomic mass is 16.5. The average molecular weight is 258 g/mol. The number of aliphatic hydroxyl groups excluding tert-OH is 1. The van der Waals surface area contributed by atoms with Crippen molar-refractivity contribution in [2.24, 2.45) is 0 Å². The van der Waals surface area contributed by atoms with Crippen molar-refractivity contribution in [1.82, 2.24) is 9.97 Å². The van der Waals surface area contributed by atoms with Crippen LogP contribution >= 0.6 is 0 Å². The SMILES string of the molecule is CCOc1cncc(C(O)c2ccncc2CC)c1. The van der Waals surface area contributed by atoms with Gasteiger partial charge in [-0.2, -0.15) is 0 Å². The fourth-order valence-electron chi connectivity index (χ4n) is 2.01. The second-order valence-electron chi connectivity index (χ2n) is 4.22. The summed E-state index contributed by atoms with van der Waals surface area (Å²) in [6.45, 7) is 4.54. The summed E-state index contributed by atoms with van der Waals surface area (Å²) in [4.78, 5) is 8.19. The molecule has 0 bridgehead atoms. The Morgan fingerprint density at radius 2 is 2.05 bits per heavy atom. The lowest BCUT2D eigenvalue weighted by Crippen LogP contribution is -2.05. The minimum absolute atomic E-state index is 0.580. The van der Waals surface area contributed by atoms with Crippen LogP contribution in [0.5, 0.6) is 5.75 Å². The lowest BCUT2D eigenvalue weighted by molar-refractivity contribution is 0.217. The van der Waals surface area contributed by atoms with Gasteiger partial charge >= 0.3 is 0 Å². The van der Waals surface area contributed by atoms with Gasteiger partial charge in [-0.1, -0.05) is 6.92 Å². The van der Waals surface area contributed by atoms with E-state index >= 15 is 0 Å². The molecule has 0 radical (unpaired) electrons. The Labute approximate surface area is 113 Å². The minimum Gasteiger partial charge on any atom is -0.492 e. The van der Waals surface area contributed by atoms with Gasteiger partial charge in [-0.15, -0.1) is 0 Å². The Kier molecular flexibility index (Phi) is 4.47. The van der Waals surface area contributed by atoms with Crippen LogP contribution in [-0.4, -0.2) is 21.7 Å². The van der Waals surface area contributed by atoms with Crippen LogP contribution in [-0.2, 0) is 6.42 Å². The van der Waals surface area contributed by atoms with Crippen LogP contribution in [0.3, 0.4) is 0 Å². The van der Waals surface area contributed by atoms with Crippen molar-refractivity contribution in [1.29, 1.82) is 0 Å². The lowest BCUT2D eigenvalue weighted by atomic mass is 9.98. The molecule has 0 fully saturated rings. The van der Waals surface area contributed by atoms with E-state index in [4.69, 9.17) is 4.74 Å². The summed E-state index contributed by atoms with van der Waals surface area (Å²) in [6, 6.07) is 3.66.